The van der Waals surface area contributed by atoms with Crippen LogP contribution in [0.4, 0.5) is 5.69 Å². The molecule has 1 saturated carbocycles. The minimum atomic E-state index is -3.72. The number of pyridine rings is 1. The monoisotopic (exact) mass is 455 g/mol. The van der Waals surface area contributed by atoms with Gasteiger partial charge < -0.3 is 5.11 Å². The Bertz CT molecular complexity index is 1150. The third kappa shape index (κ3) is 5.39. The number of hydrogen-bond acceptors (Lipinski definition) is 5. The average molecular weight is 456 g/mol. The van der Waals surface area contributed by atoms with Gasteiger partial charge in [0, 0.05) is 31.5 Å². The van der Waals surface area contributed by atoms with Crippen LogP contribution in [-0.2, 0) is 16.6 Å². The van der Waals surface area contributed by atoms with E-state index in [2.05, 4.69) is 21.2 Å². The van der Waals surface area contributed by atoms with Crippen molar-refractivity contribution >= 4 is 27.2 Å². The Labute approximate surface area is 190 Å². The minimum absolute atomic E-state index is 0.148. The molecule has 1 aliphatic carbocycles. The smallest absolute Gasteiger partial charge is 0.259 e. The van der Waals surface area contributed by atoms with Crippen molar-refractivity contribution in [3.63, 3.8) is 0 Å². The minimum Gasteiger partial charge on any atom is -0.390 e. The molecule has 1 aromatic heterocycles. The largest absolute Gasteiger partial charge is 0.390 e. The molecular formula is C25H33N3O3S. The number of nitrogens with one attached hydrogen (secondary N) is 1. The molecular weight excluding hydrogens is 422 g/mol. The van der Waals surface area contributed by atoms with Gasteiger partial charge in [0.2, 0.25) is 0 Å². The standard InChI is InChI=1S/C25H33N3O3S/c1-19-5-4-14-26-24(19)20(2)32(30,31)27-23-10-8-22(9-11-23)18-28-15-12-25(29,13-16-28)17-21-6-3-7-21/h4-5,8-11,14,21,27,29H,1,3,6-7,12-13,15-18H2,2H3/b24-20-. The molecule has 4 rings (SSSR count). The zero-order valence-electron chi connectivity index (χ0n) is 18.8. The summed E-state index contributed by atoms with van der Waals surface area (Å²) in [6.07, 6.45) is 8.05. The quantitative estimate of drug-likeness (QED) is 0.671. The first-order valence-electron chi connectivity index (χ1n) is 11.4. The lowest BCUT2D eigenvalue weighted by Gasteiger charge is -2.41. The molecule has 6 nitrogen and oxygen atoms in total. The molecule has 1 aromatic carbocycles. The van der Waals surface area contributed by atoms with Gasteiger partial charge in [-0.1, -0.05) is 44.0 Å². The van der Waals surface area contributed by atoms with Crippen LogP contribution in [0.15, 0.2) is 42.6 Å². The Hall–Kier alpha value is -2.22. The van der Waals surface area contributed by atoms with Crippen molar-refractivity contribution in [2.24, 2.45) is 5.92 Å². The van der Waals surface area contributed by atoms with E-state index in [4.69, 9.17) is 0 Å². The lowest BCUT2D eigenvalue weighted by atomic mass is 9.74. The molecule has 0 spiro atoms. The van der Waals surface area contributed by atoms with Crippen molar-refractivity contribution in [3.8, 4) is 0 Å². The summed E-state index contributed by atoms with van der Waals surface area (Å²) in [5, 5.41) is 11.8. The molecule has 172 valence electrons. The fourth-order valence-corrected chi connectivity index (χ4v) is 5.65. The number of hydrogen-bond donors (Lipinski definition) is 2. The molecule has 2 aromatic rings. The number of anilines is 1. The lowest BCUT2D eigenvalue weighted by molar-refractivity contribution is -0.0483. The van der Waals surface area contributed by atoms with Gasteiger partial charge in [-0.05, 0) is 61.1 Å². The highest BCUT2D eigenvalue weighted by Gasteiger charge is 2.36. The van der Waals surface area contributed by atoms with Crippen LogP contribution in [0.1, 0.15) is 51.0 Å². The second kappa shape index (κ2) is 9.33. The van der Waals surface area contributed by atoms with Crippen molar-refractivity contribution in [2.75, 3.05) is 17.8 Å². The highest BCUT2D eigenvalue weighted by Crippen LogP contribution is 2.38. The normalized spacial score (nSPS) is 20.4. The van der Waals surface area contributed by atoms with E-state index in [1.165, 1.54) is 26.2 Å². The molecule has 0 atom stereocenters. The second-order valence-corrected chi connectivity index (χ2v) is 11.2. The zero-order chi connectivity index (χ0) is 22.8. The van der Waals surface area contributed by atoms with Gasteiger partial charge in [0.25, 0.3) is 10.0 Å². The van der Waals surface area contributed by atoms with Gasteiger partial charge in [-0.25, -0.2) is 8.42 Å². The number of piperidine rings is 1. The molecule has 2 fully saturated rings. The summed E-state index contributed by atoms with van der Waals surface area (Å²) in [7, 11) is -3.72. The fraction of sp³-hybridized carbons (Fsp3) is 0.480. The molecule has 0 amide bonds. The van der Waals surface area contributed by atoms with Crippen LogP contribution in [0.5, 0.6) is 0 Å². The summed E-state index contributed by atoms with van der Waals surface area (Å²) in [6.45, 7) is 7.99. The van der Waals surface area contributed by atoms with E-state index in [0.29, 0.717) is 16.3 Å². The van der Waals surface area contributed by atoms with E-state index in [1.807, 2.05) is 12.1 Å². The molecule has 2 aliphatic rings. The van der Waals surface area contributed by atoms with Crippen molar-refractivity contribution in [1.82, 2.24) is 9.88 Å². The summed E-state index contributed by atoms with van der Waals surface area (Å²) in [4.78, 5) is 6.67. The maximum Gasteiger partial charge on any atom is 0.259 e. The van der Waals surface area contributed by atoms with Crippen molar-refractivity contribution < 1.29 is 13.5 Å². The molecule has 0 radical (unpaired) electrons. The van der Waals surface area contributed by atoms with Crippen LogP contribution in [0.2, 0.25) is 0 Å². The van der Waals surface area contributed by atoms with E-state index < -0.39 is 15.6 Å². The summed E-state index contributed by atoms with van der Waals surface area (Å²) in [6, 6.07) is 11.0. The molecule has 2 N–H and O–H groups in total. The van der Waals surface area contributed by atoms with Crippen LogP contribution in [-0.4, -0.2) is 42.1 Å². The molecule has 0 unspecified atom stereocenters. The van der Waals surface area contributed by atoms with Crippen molar-refractivity contribution in [2.45, 2.75) is 57.6 Å². The lowest BCUT2D eigenvalue weighted by Crippen LogP contribution is -2.45. The first-order chi connectivity index (χ1) is 15.2. The maximum atomic E-state index is 12.8. The van der Waals surface area contributed by atoms with Crippen LogP contribution in [0.25, 0.3) is 11.5 Å². The second-order valence-electron chi connectivity index (χ2n) is 9.37. The molecule has 0 bridgehead atoms. The van der Waals surface area contributed by atoms with Gasteiger partial charge in [-0.2, -0.15) is 0 Å². The van der Waals surface area contributed by atoms with Crippen LogP contribution < -0.4 is 15.3 Å². The van der Waals surface area contributed by atoms with Crippen molar-refractivity contribution in [1.29, 1.82) is 0 Å². The number of aromatic nitrogens is 1. The van der Waals surface area contributed by atoms with E-state index in [1.54, 1.807) is 30.5 Å². The first kappa shape index (κ1) is 23.0. The summed E-state index contributed by atoms with van der Waals surface area (Å²) < 4.78 is 28.2. The van der Waals surface area contributed by atoms with Gasteiger partial charge in [0.15, 0.2) is 0 Å². The summed E-state index contributed by atoms with van der Waals surface area (Å²) in [5.41, 5.74) is 1.16. The molecule has 2 heterocycles. The predicted octanol–water partition coefficient (Wildman–Crippen LogP) is 2.58. The highest BCUT2D eigenvalue weighted by atomic mass is 32.2. The third-order valence-electron chi connectivity index (χ3n) is 6.92. The van der Waals surface area contributed by atoms with Gasteiger partial charge in [-0.3, -0.25) is 14.6 Å². The number of rotatable bonds is 7. The fourth-order valence-electron chi connectivity index (χ4n) is 4.62. The maximum absolute atomic E-state index is 12.8. The average Bonchev–Trinajstić information content (AvgIpc) is 2.74. The SMILES string of the molecule is C=c1cccn/c1=C(/C)S(=O)(=O)Nc1ccc(CN2CCC(O)(CC3CCC3)CC2)cc1. The van der Waals surface area contributed by atoms with Gasteiger partial charge >= 0.3 is 0 Å². The Morgan fingerprint density at radius 1 is 1.22 bits per heavy atom. The molecule has 7 heteroatoms. The van der Waals surface area contributed by atoms with E-state index in [-0.39, 0.29) is 4.91 Å². The van der Waals surface area contributed by atoms with E-state index in [0.717, 1.165) is 50.4 Å². The number of sulfonamides is 1. The summed E-state index contributed by atoms with van der Waals surface area (Å²) >= 11 is 0. The van der Waals surface area contributed by atoms with E-state index >= 15 is 0 Å². The predicted molar refractivity (Wildman–Crippen MR) is 128 cm³/mol. The van der Waals surface area contributed by atoms with Crippen molar-refractivity contribution in [3.05, 3.63) is 58.7 Å². The first-order valence-corrected chi connectivity index (χ1v) is 12.9. The van der Waals surface area contributed by atoms with Crippen LogP contribution >= 0.6 is 0 Å². The van der Waals surface area contributed by atoms with Crippen LogP contribution in [0.3, 0.4) is 0 Å². The molecule has 1 saturated heterocycles. The highest BCUT2D eigenvalue weighted by molar-refractivity contribution is 8.01. The number of likely N-dealkylation sites (tertiary alicyclic amines) is 1. The van der Waals surface area contributed by atoms with Gasteiger partial charge in [0.05, 0.1) is 15.9 Å². The zero-order valence-corrected chi connectivity index (χ0v) is 19.6. The number of aliphatic hydroxyl groups is 1. The Kier molecular flexibility index (Phi) is 6.70. The Balaban J connectivity index is 1.35. The van der Waals surface area contributed by atoms with Crippen LogP contribution in [0, 0.1) is 5.92 Å². The number of nitrogens with zero attached hydrogens (tertiary/aromatic N) is 2. The molecule has 32 heavy (non-hydrogen) atoms. The summed E-state index contributed by atoms with van der Waals surface area (Å²) in [5.74, 6) is 0.724. The third-order valence-corrected chi connectivity index (χ3v) is 8.42. The van der Waals surface area contributed by atoms with Gasteiger partial charge in [-0.15, -0.1) is 0 Å². The van der Waals surface area contributed by atoms with E-state index in [9.17, 15) is 13.5 Å². The number of benzene rings is 1. The topological polar surface area (TPSA) is 82.5 Å². The Morgan fingerprint density at radius 2 is 1.91 bits per heavy atom. The van der Waals surface area contributed by atoms with Gasteiger partial charge in [0.1, 0.15) is 0 Å². The molecule has 1 aliphatic heterocycles. The Morgan fingerprint density at radius 3 is 2.50 bits per heavy atom.